The highest BCUT2D eigenvalue weighted by Crippen LogP contribution is 2.28. The summed E-state index contributed by atoms with van der Waals surface area (Å²) in [6.07, 6.45) is 0.0970. The molecule has 0 bridgehead atoms. The highest BCUT2D eigenvalue weighted by Gasteiger charge is 2.18. The van der Waals surface area contributed by atoms with Crippen LogP contribution in [0, 0.1) is 0 Å². The van der Waals surface area contributed by atoms with E-state index in [1.54, 1.807) is 26.4 Å². The number of hydrogen-bond acceptors (Lipinski definition) is 9. The molecular weight excluding hydrogens is 510 g/mol. The third-order valence-corrected chi connectivity index (χ3v) is 6.02. The topological polar surface area (TPSA) is 109 Å². The van der Waals surface area contributed by atoms with Crippen molar-refractivity contribution in [2.45, 2.75) is 33.4 Å². The van der Waals surface area contributed by atoms with Crippen LogP contribution >= 0.6 is 0 Å². The first-order valence-corrected chi connectivity index (χ1v) is 13.1. The molecule has 0 aliphatic carbocycles. The third kappa shape index (κ3) is 7.43. The number of carbonyl (C=O) groups is 1. The zero-order valence-electron chi connectivity index (χ0n) is 23.3. The summed E-state index contributed by atoms with van der Waals surface area (Å²) in [5.74, 6) is 3.20. The number of anilines is 2. The number of hydrogen-bond donors (Lipinski definition) is 2. The number of carbonyl (C=O) groups excluding carboxylic acids is 1. The molecule has 0 saturated heterocycles. The van der Waals surface area contributed by atoms with Crippen molar-refractivity contribution in [3.05, 3.63) is 83.4 Å². The molecule has 1 heterocycles. The molecule has 210 valence electrons. The van der Waals surface area contributed by atoms with Crippen LogP contribution in [0.5, 0.6) is 23.0 Å². The van der Waals surface area contributed by atoms with Gasteiger partial charge in [0.15, 0.2) is 11.5 Å². The molecule has 0 spiro atoms. The van der Waals surface area contributed by atoms with Crippen LogP contribution < -0.4 is 29.6 Å². The Balaban J connectivity index is 1.51. The Hall–Kier alpha value is -4.73. The minimum absolute atomic E-state index is 0.0970. The zero-order valence-corrected chi connectivity index (χ0v) is 23.3. The average Bonchev–Trinajstić information content (AvgIpc) is 3.40. The summed E-state index contributed by atoms with van der Waals surface area (Å²) >= 11 is 0. The fraction of sp³-hybridized carbons (Fsp3) is 0.300. The number of nitrogens with zero attached hydrogens (tertiary/aromatic N) is 3. The van der Waals surface area contributed by atoms with Gasteiger partial charge in [0, 0.05) is 13.1 Å². The van der Waals surface area contributed by atoms with E-state index in [-0.39, 0.29) is 12.3 Å². The van der Waals surface area contributed by atoms with Crippen molar-refractivity contribution >= 4 is 17.8 Å². The van der Waals surface area contributed by atoms with E-state index in [4.69, 9.17) is 18.9 Å². The first kappa shape index (κ1) is 28.3. The highest BCUT2D eigenvalue weighted by atomic mass is 16.5. The summed E-state index contributed by atoms with van der Waals surface area (Å²) in [6.45, 7) is 6.05. The summed E-state index contributed by atoms with van der Waals surface area (Å²) in [5, 5.41) is 10.9. The molecule has 2 N–H and O–H groups in total. The predicted octanol–water partition coefficient (Wildman–Crippen LogP) is 5.20. The van der Waals surface area contributed by atoms with Crippen LogP contribution in [0.1, 0.15) is 35.3 Å². The van der Waals surface area contributed by atoms with Crippen molar-refractivity contribution in [1.82, 2.24) is 14.8 Å². The molecule has 4 aromatic rings. The summed E-state index contributed by atoms with van der Waals surface area (Å²) < 4.78 is 23.0. The predicted molar refractivity (Wildman–Crippen MR) is 154 cm³/mol. The van der Waals surface area contributed by atoms with E-state index in [0.717, 1.165) is 28.2 Å². The molecule has 0 amide bonds. The largest absolute Gasteiger partial charge is 0.494 e. The van der Waals surface area contributed by atoms with Gasteiger partial charge in [0.1, 0.15) is 11.5 Å². The number of nitrogens with one attached hydrogen (secondary N) is 2. The van der Waals surface area contributed by atoms with E-state index in [1.165, 1.54) is 4.68 Å². The van der Waals surface area contributed by atoms with Crippen molar-refractivity contribution in [3.8, 4) is 23.0 Å². The lowest BCUT2D eigenvalue weighted by Crippen LogP contribution is -2.19. The van der Waals surface area contributed by atoms with Gasteiger partial charge in [-0.2, -0.15) is 9.67 Å². The van der Waals surface area contributed by atoms with E-state index < -0.39 is 0 Å². The number of rotatable bonds is 14. The van der Waals surface area contributed by atoms with Gasteiger partial charge < -0.3 is 29.6 Å². The lowest BCUT2D eigenvalue weighted by molar-refractivity contribution is 0.0901. The molecule has 10 heteroatoms. The molecule has 0 radical (unpaired) electrons. The van der Waals surface area contributed by atoms with Crippen molar-refractivity contribution in [2.24, 2.45) is 0 Å². The van der Waals surface area contributed by atoms with E-state index in [0.29, 0.717) is 49.7 Å². The van der Waals surface area contributed by atoms with Crippen molar-refractivity contribution < 1.29 is 23.7 Å². The monoisotopic (exact) mass is 545 g/mol. The molecular formula is C30H35N5O5. The first-order chi connectivity index (χ1) is 19.5. The summed E-state index contributed by atoms with van der Waals surface area (Å²) in [4.78, 5) is 18.0. The Morgan fingerprint density at radius 1 is 0.750 bits per heavy atom. The Kier molecular flexibility index (Phi) is 9.82. The normalized spacial score (nSPS) is 10.6. The maximum Gasteiger partial charge on any atom is 0.254 e. The number of methoxy groups -OCH3 is 2. The Morgan fingerprint density at radius 3 is 1.85 bits per heavy atom. The molecule has 1 aromatic heterocycles. The minimum atomic E-state index is -0.247. The fourth-order valence-corrected chi connectivity index (χ4v) is 4.02. The van der Waals surface area contributed by atoms with Gasteiger partial charge in [0.2, 0.25) is 11.9 Å². The molecule has 0 aliphatic rings. The van der Waals surface area contributed by atoms with Crippen LogP contribution in [0.25, 0.3) is 0 Å². The van der Waals surface area contributed by atoms with Crippen LogP contribution in [0.4, 0.5) is 11.9 Å². The molecule has 0 aliphatic heterocycles. The van der Waals surface area contributed by atoms with Gasteiger partial charge in [0.25, 0.3) is 5.91 Å². The number of aromatic nitrogens is 3. The summed E-state index contributed by atoms with van der Waals surface area (Å²) in [7, 11) is 3.13. The van der Waals surface area contributed by atoms with Gasteiger partial charge in [-0.15, -0.1) is 5.10 Å². The van der Waals surface area contributed by atoms with E-state index in [9.17, 15) is 4.79 Å². The number of benzene rings is 3. The molecule has 0 unspecified atom stereocenters. The van der Waals surface area contributed by atoms with Gasteiger partial charge >= 0.3 is 0 Å². The van der Waals surface area contributed by atoms with Gasteiger partial charge in [-0.1, -0.05) is 30.3 Å². The molecule has 0 atom stereocenters. The molecule has 40 heavy (non-hydrogen) atoms. The lowest BCUT2D eigenvalue weighted by Gasteiger charge is -2.10. The standard InChI is InChI=1S/C30H35N5O5/c1-5-39-24-12-7-21(8-13-24)19-31-29-33-30(32-20-22-9-14-25(15-10-22)40-6-2)35(34-29)28(36)18-23-11-16-26(37-3)27(17-23)38-4/h7-17H,5-6,18-20H2,1-4H3,(H2,31,32,33,34). The zero-order chi connectivity index (χ0) is 28.3. The number of ether oxygens (including phenoxy) is 4. The summed E-state index contributed by atoms with van der Waals surface area (Å²) in [6, 6.07) is 20.9. The van der Waals surface area contributed by atoms with Gasteiger partial charge in [-0.05, 0) is 66.9 Å². The third-order valence-electron chi connectivity index (χ3n) is 6.02. The molecule has 3 aromatic carbocycles. The molecule has 10 nitrogen and oxygen atoms in total. The molecule has 0 fully saturated rings. The van der Waals surface area contributed by atoms with Crippen LogP contribution in [0.15, 0.2) is 66.7 Å². The van der Waals surface area contributed by atoms with E-state index in [1.807, 2.05) is 68.4 Å². The second-order valence-corrected chi connectivity index (χ2v) is 8.79. The maximum atomic E-state index is 13.4. The maximum absolute atomic E-state index is 13.4. The lowest BCUT2D eigenvalue weighted by atomic mass is 10.1. The van der Waals surface area contributed by atoms with Crippen LogP contribution in [-0.4, -0.2) is 48.1 Å². The quantitative estimate of drug-likeness (QED) is 0.221. The highest BCUT2D eigenvalue weighted by molar-refractivity contribution is 5.83. The Morgan fingerprint density at radius 2 is 1.30 bits per heavy atom. The SMILES string of the molecule is CCOc1ccc(CNc2nc(NCc3ccc(OCC)cc3)n(C(=O)Cc3ccc(OC)c(OC)c3)n2)cc1. The van der Waals surface area contributed by atoms with Crippen molar-refractivity contribution in [3.63, 3.8) is 0 Å². The Bertz CT molecular complexity index is 1390. The second kappa shape index (κ2) is 13.9. The molecule has 0 saturated carbocycles. The van der Waals surface area contributed by atoms with Crippen LogP contribution in [-0.2, 0) is 19.5 Å². The second-order valence-electron chi connectivity index (χ2n) is 8.79. The van der Waals surface area contributed by atoms with Crippen molar-refractivity contribution in [1.29, 1.82) is 0 Å². The van der Waals surface area contributed by atoms with E-state index >= 15 is 0 Å². The average molecular weight is 546 g/mol. The minimum Gasteiger partial charge on any atom is -0.494 e. The van der Waals surface area contributed by atoms with Gasteiger partial charge in [0.05, 0.1) is 33.9 Å². The smallest absolute Gasteiger partial charge is 0.254 e. The van der Waals surface area contributed by atoms with E-state index in [2.05, 4.69) is 20.7 Å². The first-order valence-electron chi connectivity index (χ1n) is 13.1. The Labute approximate surface area is 234 Å². The van der Waals surface area contributed by atoms with Gasteiger partial charge in [-0.3, -0.25) is 4.79 Å². The van der Waals surface area contributed by atoms with Crippen LogP contribution in [0.2, 0.25) is 0 Å². The summed E-state index contributed by atoms with van der Waals surface area (Å²) in [5.41, 5.74) is 2.80. The molecule has 4 rings (SSSR count). The van der Waals surface area contributed by atoms with Crippen molar-refractivity contribution in [2.75, 3.05) is 38.1 Å². The fourth-order valence-electron chi connectivity index (χ4n) is 4.02. The van der Waals surface area contributed by atoms with Gasteiger partial charge in [-0.25, -0.2) is 0 Å². The van der Waals surface area contributed by atoms with Crippen LogP contribution in [0.3, 0.4) is 0 Å².